The highest BCUT2D eigenvalue weighted by Crippen LogP contribution is 2.17. The van der Waals surface area contributed by atoms with E-state index in [2.05, 4.69) is 48.3 Å². The number of aryl methyl sites for hydroxylation is 1. The Morgan fingerprint density at radius 3 is 2.62 bits per heavy atom. The van der Waals surface area contributed by atoms with Crippen LogP contribution in [0.3, 0.4) is 0 Å². The van der Waals surface area contributed by atoms with Crippen molar-refractivity contribution in [1.29, 1.82) is 0 Å². The van der Waals surface area contributed by atoms with E-state index in [1.807, 2.05) is 18.7 Å². The number of nitrogens with zero attached hydrogens (tertiary/aromatic N) is 2. The fraction of sp³-hybridized carbons (Fsp3) is 0.619. The predicted molar refractivity (Wildman–Crippen MR) is 105 cm³/mol. The van der Waals surface area contributed by atoms with Gasteiger partial charge in [-0.3, -0.25) is 14.5 Å². The molecule has 0 spiro atoms. The van der Waals surface area contributed by atoms with Gasteiger partial charge in [-0.2, -0.15) is 0 Å². The molecule has 144 valence electrons. The van der Waals surface area contributed by atoms with Crippen LogP contribution < -0.4 is 5.32 Å². The van der Waals surface area contributed by atoms with Gasteiger partial charge in [-0.25, -0.2) is 0 Å². The normalized spacial score (nSPS) is 18.0. The summed E-state index contributed by atoms with van der Waals surface area (Å²) in [5, 5.41) is 2.92. The van der Waals surface area contributed by atoms with E-state index in [1.165, 1.54) is 11.1 Å². The van der Waals surface area contributed by atoms with Crippen LogP contribution in [-0.2, 0) is 16.1 Å². The van der Waals surface area contributed by atoms with Crippen molar-refractivity contribution >= 4 is 11.8 Å². The van der Waals surface area contributed by atoms with Crippen LogP contribution >= 0.6 is 0 Å². The lowest BCUT2D eigenvalue weighted by molar-refractivity contribution is -0.140. The van der Waals surface area contributed by atoms with Crippen LogP contribution in [0.1, 0.15) is 51.2 Å². The summed E-state index contributed by atoms with van der Waals surface area (Å²) in [6.07, 6.45) is 2.30. The predicted octanol–water partition coefficient (Wildman–Crippen LogP) is 2.72. The van der Waals surface area contributed by atoms with Crippen LogP contribution in [0.5, 0.6) is 0 Å². The van der Waals surface area contributed by atoms with Gasteiger partial charge >= 0.3 is 0 Å². The number of benzene rings is 1. The zero-order valence-corrected chi connectivity index (χ0v) is 16.6. The first-order valence-electron chi connectivity index (χ1n) is 9.79. The molecule has 1 aliphatic rings. The Bertz CT molecular complexity index is 598. The van der Waals surface area contributed by atoms with E-state index in [9.17, 15) is 9.59 Å². The van der Waals surface area contributed by atoms with Crippen LogP contribution in [0.15, 0.2) is 24.3 Å². The van der Waals surface area contributed by atoms with Gasteiger partial charge in [-0.1, -0.05) is 43.2 Å². The van der Waals surface area contributed by atoms with Crippen molar-refractivity contribution in [2.45, 2.75) is 65.6 Å². The summed E-state index contributed by atoms with van der Waals surface area (Å²) >= 11 is 0. The van der Waals surface area contributed by atoms with E-state index < -0.39 is 0 Å². The molecule has 0 saturated carbocycles. The van der Waals surface area contributed by atoms with Crippen molar-refractivity contribution in [2.75, 3.05) is 19.6 Å². The quantitative estimate of drug-likeness (QED) is 0.776. The summed E-state index contributed by atoms with van der Waals surface area (Å²) < 4.78 is 0. The number of rotatable bonds is 8. The molecule has 1 aliphatic heterocycles. The molecule has 1 unspecified atom stereocenters. The molecule has 1 heterocycles. The molecule has 1 aromatic carbocycles. The molecule has 0 aliphatic carbocycles. The third kappa shape index (κ3) is 5.56. The average Bonchev–Trinajstić information content (AvgIpc) is 2.60. The second-order valence-corrected chi connectivity index (χ2v) is 7.50. The van der Waals surface area contributed by atoms with Crippen LogP contribution in [0.25, 0.3) is 0 Å². The number of amides is 2. The second-order valence-electron chi connectivity index (χ2n) is 7.50. The molecule has 1 fully saturated rings. The number of unbranched alkanes of at least 4 members (excludes halogenated alkanes) is 1. The highest BCUT2D eigenvalue weighted by atomic mass is 16.2. The molecule has 1 atom stereocenters. The van der Waals surface area contributed by atoms with Gasteiger partial charge in [0.2, 0.25) is 11.8 Å². The third-order valence-electron chi connectivity index (χ3n) is 5.01. The summed E-state index contributed by atoms with van der Waals surface area (Å²) in [7, 11) is 0. The van der Waals surface area contributed by atoms with Gasteiger partial charge in [0.25, 0.3) is 0 Å². The van der Waals surface area contributed by atoms with Crippen LogP contribution in [0.4, 0.5) is 0 Å². The smallest absolute Gasteiger partial charge is 0.237 e. The molecule has 2 rings (SSSR count). The Morgan fingerprint density at radius 1 is 1.31 bits per heavy atom. The summed E-state index contributed by atoms with van der Waals surface area (Å²) in [6, 6.07) is 8.15. The van der Waals surface area contributed by atoms with E-state index in [0.717, 1.165) is 25.9 Å². The molecule has 1 N–H and O–H groups in total. The summed E-state index contributed by atoms with van der Waals surface area (Å²) in [4.78, 5) is 29.4. The monoisotopic (exact) mass is 359 g/mol. The minimum absolute atomic E-state index is 0.0316. The number of carbonyl (C=O) groups is 2. The van der Waals surface area contributed by atoms with E-state index >= 15 is 0 Å². The van der Waals surface area contributed by atoms with E-state index in [-0.39, 0.29) is 30.3 Å². The Kier molecular flexibility index (Phi) is 7.64. The van der Waals surface area contributed by atoms with Crippen LogP contribution in [-0.4, -0.2) is 53.3 Å². The summed E-state index contributed by atoms with van der Waals surface area (Å²) in [5.41, 5.74) is 2.40. The molecule has 26 heavy (non-hydrogen) atoms. The zero-order valence-electron chi connectivity index (χ0n) is 16.6. The van der Waals surface area contributed by atoms with Crippen LogP contribution in [0, 0.1) is 6.92 Å². The van der Waals surface area contributed by atoms with E-state index in [1.54, 1.807) is 0 Å². The molecule has 5 nitrogen and oxygen atoms in total. The first kappa shape index (κ1) is 20.4. The maximum atomic E-state index is 12.9. The van der Waals surface area contributed by atoms with Gasteiger partial charge in [-0.15, -0.1) is 0 Å². The number of hydrogen-bond acceptors (Lipinski definition) is 3. The van der Waals surface area contributed by atoms with E-state index in [4.69, 9.17) is 0 Å². The summed E-state index contributed by atoms with van der Waals surface area (Å²) in [6.45, 7) is 11.1. The number of piperazine rings is 1. The first-order valence-corrected chi connectivity index (χ1v) is 9.79. The maximum Gasteiger partial charge on any atom is 0.237 e. The van der Waals surface area contributed by atoms with Crippen molar-refractivity contribution < 1.29 is 9.59 Å². The molecule has 5 heteroatoms. The topological polar surface area (TPSA) is 52.7 Å². The lowest BCUT2D eigenvalue weighted by Crippen LogP contribution is -2.56. The SMILES string of the molecule is CCCCN(C(=O)CC1C(=O)NCCN1Cc1ccc(C)cc1)C(C)C. The standard InChI is InChI=1S/C21H33N3O2/c1-5-6-12-24(16(2)3)20(25)14-19-21(26)22-11-13-23(19)15-18-9-7-17(4)8-10-18/h7-10,16,19H,5-6,11-15H2,1-4H3,(H,22,26). The van der Waals surface area contributed by atoms with Crippen molar-refractivity contribution in [2.24, 2.45) is 0 Å². The van der Waals surface area contributed by atoms with Crippen molar-refractivity contribution in [3.05, 3.63) is 35.4 Å². The number of nitrogens with one attached hydrogen (secondary N) is 1. The van der Waals surface area contributed by atoms with Crippen molar-refractivity contribution in [3.8, 4) is 0 Å². The first-order chi connectivity index (χ1) is 12.4. The van der Waals surface area contributed by atoms with Gasteiger partial charge in [0.05, 0.1) is 12.5 Å². The van der Waals surface area contributed by atoms with Gasteiger partial charge in [-0.05, 0) is 32.8 Å². The van der Waals surface area contributed by atoms with Crippen LogP contribution in [0.2, 0.25) is 0 Å². The highest BCUT2D eigenvalue weighted by Gasteiger charge is 2.33. The number of hydrogen-bond donors (Lipinski definition) is 1. The lowest BCUT2D eigenvalue weighted by Gasteiger charge is -2.36. The zero-order chi connectivity index (χ0) is 19.1. The van der Waals surface area contributed by atoms with Crippen molar-refractivity contribution in [1.82, 2.24) is 15.1 Å². The Hall–Kier alpha value is -1.88. The average molecular weight is 360 g/mol. The minimum atomic E-state index is -0.388. The third-order valence-corrected chi connectivity index (χ3v) is 5.01. The van der Waals surface area contributed by atoms with Gasteiger partial charge in [0.1, 0.15) is 0 Å². The molecule has 1 saturated heterocycles. The molecule has 1 aromatic rings. The summed E-state index contributed by atoms with van der Waals surface area (Å²) in [5.74, 6) is 0.0420. The second kappa shape index (κ2) is 9.72. The largest absolute Gasteiger partial charge is 0.353 e. The molecular formula is C21H33N3O2. The number of carbonyl (C=O) groups excluding carboxylic acids is 2. The minimum Gasteiger partial charge on any atom is -0.353 e. The van der Waals surface area contributed by atoms with E-state index in [0.29, 0.717) is 13.1 Å². The molecular weight excluding hydrogens is 326 g/mol. The Morgan fingerprint density at radius 2 is 2.00 bits per heavy atom. The Balaban J connectivity index is 2.07. The van der Waals surface area contributed by atoms with Gasteiger partial charge in [0.15, 0.2) is 0 Å². The lowest BCUT2D eigenvalue weighted by atomic mass is 10.0. The van der Waals surface area contributed by atoms with Gasteiger partial charge < -0.3 is 10.2 Å². The highest BCUT2D eigenvalue weighted by molar-refractivity contribution is 5.89. The molecule has 2 amide bonds. The maximum absolute atomic E-state index is 12.9. The fourth-order valence-electron chi connectivity index (χ4n) is 3.38. The van der Waals surface area contributed by atoms with Gasteiger partial charge in [0, 0.05) is 32.2 Å². The van der Waals surface area contributed by atoms with Crippen molar-refractivity contribution in [3.63, 3.8) is 0 Å². The molecule has 0 aromatic heterocycles. The molecule has 0 bridgehead atoms. The Labute approximate surface area is 157 Å². The molecule has 0 radical (unpaired) electrons. The fourth-order valence-corrected chi connectivity index (χ4v) is 3.38.